The second-order valence-corrected chi connectivity index (χ2v) is 9.45. The number of carbonyl (C=O) groups is 2. The Morgan fingerprint density at radius 1 is 1.17 bits per heavy atom. The molecule has 2 amide bonds. The lowest BCUT2D eigenvalue weighted by Crippen LogP contribution is -2.63. The lowest BCUT2D eigenvalue weighted by molar-refractivity contribution is -0.133. The van der Waals surface area contributed by atoms with Crippen LogP contribution in [0.2, 0.25) is 0 Å². The van der Waals surface area contributed by atoms with Crippen LogP contribution in [0, 0.1) is 5.92 Å². The molecule has 2 saturated heterocycles. The van der Waals surface area contributed by atoms with Gasteiger partial charge in [-0.25, -0.2) is 4.98 Å². The highest BCUT2D eigenvalue weighted by Crippen LogP contribution is 2.31. The van der Waals surface area contributed by atoms with E-state index >= 15 is 0 Å². The molecule has 0 unspecified atom stereocenters. The molecule has 4 rings (SSSR count). The summed E-state index contributed by atoms with van der Waals surface area (Å²) in [5.74, 6) is 0.160. The van der Waals surface area contributed by atoms with Gasteiger partial charge in [-0.1, -0.05) is 13.8 Å². The SMILES string of the molecule is CC(C)Cn1cc(N2CCCCC2)c2ccc(C(=O)N3CCNC(=O)C3(C)C)nc21. The number of rotatable bonds is 4. The number of hydrogen-bond donors (Lipinski definition) is 1. The van der Waals surface area contributed by atoms with Crippen molar-refractivity contribution in [2.45, 2.75) is 59.0 Å². The minimum Gasteiger partial charge on any atom is -0.370 e. The third-order valence-electron chi connectivity index (χ3n) is 6.28. The zero-order valence-electron chi connectivity index (χ0n) is 18.6. The Bertz CT molecular complexity index is 956. The first-order valence-electron chi connectivity index (χ1n) is 11.1. The van der Waals surface area contributed by atoms with E-state index in [1.165, 1.54) is 24.9 Å². The van der Waals surface area contributed by atoms with Crippen molar-refractivity contribution in [1.82, 2.24) is 19.8 Å². The molecular formula is C23H33N5O2. The Labute approximate surface area is 178 Å². The normalized spacial score (nSPS) is 19.4. The summed E-state index contributed by atoms with van der Waals surface area (Å²) < 4.78 is 2.19. The third kappa shape index (κ3) is 3.66. The maximum absolute atomic E-state index is 13.3. The van der Waals surface area contributed by atoms with Gasteiger partial charge in [0.25, 0.3) is 5.91 Å². The van der Waals surface area contributed by atoms with Gasteiger partial charge < -0.3 is 19.7 Å². The molecule has 2 aliphatic heterocycles. The number of pyridine rings is 1. The zero-order valence-corrected chi connectivity index (χ0v) is 18.6. The van der Waals surface area contributed by atoms with Crippen LogP contribution in [0.25, 0.3) is 11.0 Å². The van der Waals surface area contributed by atoms with Crippen molar-refractivity contribution in [2.24, 2.45) is 5.92 Å². The highest BCUT2D eigenvalue weighted by molar-refractivity contribution is 6.01. The van der Waals surface area contributed by atoms with Crippen molar-refractivity contribution in [1.29, 1.82) is 0 Å². The van der Waals surface area contributed by atoms with Gasteiger partial charge in [0.05, 0.1) is 5.69 Å². The molecule has 162 valence electrons. The van der Waals surface area contributed by atoms with Crippen LogP contribution in [0.5, 0.6) is 0 Å². The van der Waals surface area contributed by atoms with Crippen LogP contribution in [-0.2, 0) is 11.3 Å². The molecule has 0 atom stereocenters. The van der Waals surface area contributed by atoms with Gasteiger partial charge in [0.2, 0.25) is 5.91 Å². The zero-order chi connectivity index (χ0) is 21.5. The number of anilines is 1. The number of aromatic nitrogens is 2. The lowest BCUT2D eigenvalue weighted by Gasteiger charge is -2.40. The second-order valence-electron chi connectivity index (χ2n) is 9.45. The van der Waals surface area contributed by atoms with Crippen LogP contribution in [0.1, 0.15) is 57.4 Å². The molecule has 0 aliphatic carbocycles. The van der Waals surface area contributed by atoms with Gasteiger partial charge in [0, 0.05) is 44.3 Å². The van der Waals surface area contributed by atoms with E-state index in [-0.39, 0.29) is 11.8 Å². The standard InChI is InChI=1S/C23H33N5O2/c1-16(2)14-27-15-19(26-11-6-5-7-12-26)17-8-9-18(25-20(17)27)21(29)28-13-10-24-22(30)23(28,3)4/h8-9,15-16H,5-7,10-14H2,1-4H3,(H,24,30). The fourth-order valence-electron chi connectivity index (χ4n) is 4.58. The predicted molar refractivity (Wildman–Crippen MR) is 119 cm³/mol. The highest BCUT2D eigenvalue weighted by Gasteiger charge is 2.41. The van der Waals surface area contributed by atoms with E-state index in [2.05, 4.69) is 34.8 Å². The average molecular weight is 412 g/mol. The van der Waals surface area contributed by atoms with Crippen molar-refractivity contribution in [3.63, 3.8) is 0 Å². The predicted octanol–water partition coefficient (Wildman–Crippen LogP) is 3.03. The number of piperazine rings is 1. The molecule has 30 heavy (non-hydrogen) atoms. The number of nitrogens with one attached hydrogen (secondary N) is 1. The van der Waals surface area contributed by atoms with Crippen LogP contribution < -0.4 is 10.2 Å². The first-order valence-corrected chi connectivity index (χ1v) is 11.1. The van der Waals surface area contributed by atoms with Gasteiger partial charge in [-0.05, 0) is 51.2 Å². The molecular weight excluding hydrogens is 378 g/mol. The molecule has 0 bridgehead atoms. The fourth-order valence-corrected chi connectivity index (χ4v) is 4.58. The van der Waals surface area contributed by atoms with E-state index in [1.54, 1.807) is 18.7 Å². The van der Waals surface area contributed by atoms with Gasteiger partial charge in [-0.3, -0.25) is 9.59 Å². The number of nitrogens with zero attached hydrogens (tertiary/aromatic N) is 4. The first-order chi connectivity index (χ1) is 14.3. The van der Waals surface area contributed by atoms with Crippen LogP contribution in [0.4, 0.5) is 5.69 Å². The van der Waals surface area contributed by atoms with E-state index in [9.17, 15) is 9.59 Å². The largest absolute Gasteiger partial charge is 0.370 e. The summed E-state index contributed by atoms with van der Waals surface area (Å²) in [4.78, 5) is 34.5. The summed E-state index contributed by atoms with van der Waals surface area (Å²) in [7, 11) is 0. The van der Waals surface area contributed by atoms with E-state index in [0.717, 1.165) is 30.7 Å². The molecule has 0 spiro atoms. The Kier molecular flexibility index (Phi) is 5.47. The summed E-state index contributed by atoms with van der Waals surface area (Å²) in [5, 5.41) is 3.95. The molecule has 7 nitrogen and oxygen atoms in total. The molecule has 2 aromatic heterocycles. The first kappa shape index (κ1) is 20.7. The third-order valence-corrected chi connectivity index (χ3v) is 6.28. The molecule has 0 radical (unpaired) electrons. The van der Waals surface area contributed by atoms with E-state index in [0.29, 0.717) is 24.7 Å². The summed E-state index contributed by atoms with van der Waals surface area (Å²) in [6, 6.07) is 3.85. The van der Waals surface area contributed by atoms with Crippen LogP contribution in [0.15, 0.2) is 18.3 Å². The van der Waals surface area contributed by atoms with Crippen molar-refractivity contribution in [3.8, 4) is 0 Å². The lowest BCUT2D eigenvalue weighted by atomic mass is 9.98. The number of hydrogen-bond acceptors (Lipinski definition) is 4. The molecule has 0 saturated carbocycles. The van der Waals surface area contributed by atoms with Gasteiger partial charge in [0.1, 0.15) is 16.9 Å². The maximum Gasteiger partial charge on any atom is 0.273 e. The summed E-state index contributed by atoms with van der Waals surface area (Å²) in [5.41, 5.74) is 1.59. The molecule has 0 aromatic carbocycles. The number of fused-ring (bicyclic) bond motifs is 1. The Balaban J connectivity index is 1.73. The second kappa shape index (κ2) is 7.93. The minimum atomic E-state index is -0.884. The van der Waals surface area contributed by atoms with E-state index < -0.39 is 5.54 Å². The van der Waals surface area contributed by atoms with E-state index in [1.807, 2.05) is 12.1 Å². The quantitative estimate of drug-likeness (QED) is 0.840. The highest BCUT2D eigenvalue weighted by atomic mass is 16.2. The average Bonchev–Trinajstić information content (AvgIpc) is 3.07. The Morgan fingerprint density at radius 3 is 2.60 bits per heavy atom. The fraction of sp³-hybridized carbons (Fsp3) is 0.609. The van der Waals surface area contributed by atoms with Crippen molar-refractivity contribution < 1.29 is 9.59 Å². The minimum absolute atomic E-state index is 0.126. The topological polar surface area (TPSA) is 70.5 Å². The summed E-state index contributed by atoms with van der Waals surface area (Å²) >= 11 is 0. The van der Waals surface area contributed by atoms with Gasteiger partial charge in [-0.15, -0.1) is 0 Å². The molecule has 4 heterocycles. The monoisotopic (exact) mass is 411 g/mol. The van der Waals surface area contributed by atoms with Crippen molar-refractivity contribution in [3.05, 3.63) is 24.0 Å². The van der Waals surface area contributed by atoms with Gasteiger partial charge in [0.15, 0.2) is 0 Å². The molecule has 2 fully saturated rings. The van der Waals surface area contributed by atoms with Crippen LogP contribution >= 0.6 is 0 Å². The van der Waals surface area contributed by atoms with Crippen molar-refractivity contribution in [2.75, 3.05) is 31.1 Å². The van der Waals surface area contributed by atoms with Crippen molar-refractivity contribution >= 4 is 28.5 Å². The Morgan fingerprint density at radius 2 is 1.90 bits per heavy atom. The maximum atomic E-state index is 13.3. The molecule has 1 N–H and O–H groups in total. The van der Waals surface area contributed by atoms with Crippen LogP contribution in [-0.4, -0.2) is 58.0 Å². The Hall–Kier alpha value is -2.57. The number of piperidine rings is 1. The number of amides is 2. The molecule has 2 aliphatic rings. The van der Waals surface area contributed by atoms with Gasteiger partial charge in [-0.2, -0.15) is 0 Å². The van der Waals surface area contributed by atoms with Gasteiger partial charge >= 0.3 is 0 Å². The van der Waals surface area contributed by atoms with Crippen LogP contribution in [0.3, 0.4) is 0 Å². The summed E-state index contributed by atoms with van der Waals surface area (Å²) in [6.07, 6.45) is 5.92. The summed E-state index contributed by atoms with van der Waals surface area (Å²) in [6.45, 7) is 11.9. The smallest absolute Gasteiger partial charge is 0.273 e. The van der Waals surface area contributed by atoms with E-state index in [4.69, 9.17) is 4.98 Å². The molecule has 7 heteroatoms. The molecule has 2 aromatic rings. The number of carbonyl (C=O) groups excluding carboxylic acids is 2.